The maximum absolute atomic E-state index is 13.1. The van der Waals surface area contributed by atoms with Gasteiger partial charge in [0.15, 0.2) is 0 Å². The Morgan fingerprint density at radius 3 is 0.690 bits per heavy atom. The average Bonchev–Trinajstić information content (AvgIpc) is 2.16. The minimum atomic E-state index is -5.97. The minimum Gasteiger partial charge on any atom is -0.870 e. The van der Waals surface area contributed by atoms with Crippen molar-refractivity contribution in [3.05, 3.63) is 5.92 Å². The van der Waals surface area contributed by atoms with Crippen LogP contribution in [0.4, 0.5) is 57.1 Å². The molecule has 0 atom stereocenters. The molecule has 1 N–H and O–H groups in total. The Morgan fingerprint density at radius 1 is 0.483 bits per heavy atom. The summed E-state index contributed by atoms with van der Waals surface area (Å²) < 4.78 is 157. The largest absolute Gasteiger partial charge is 1.00 e. The first-order chi connectivity index (χ1) is 11.1. The molecule has 0 aliphatic carbocycles. The van der Waals surface area contributed by atoms with Crippen molar-refractivity contribution in [1.29, 1.82) is 0 Å². The molecular formula is C14H19F13ORb-. The summed E-state index contributed by atoms with van der Waals surface area (Å²) in [7, 11) is 0. The third-order valence-corrected chi connectivity index (χ3v) is 3.13. The van der Waals surface area contributed by atoms with Crippen LogP contribution in [0.2, 0.25) is 0 Å². The molecule has 0 spiro atoms. The van der Waals surface area contributed by atoms with Crippen LogP contribution in [0, 0.1) is 16.7 Å². The van der Waals surface area contributed by atoms with Crippen LogP contribution in [0.15, 0.2) is 0 Å². The molecule has 0 heterocycles. The van der Waals surface area contributed by atoms with Crippen molar-refractivity contribution in [3.8, 4) is 0 Å². The molecule has 0 radical (unpaired) electrons. The van der Waals surface area contributed by atoms with E-state index < -0.39 is 47.1 Å². The Morgan fingerprint density at radius 2 is 0.690 bits per heavy atom. The molecule has 0 fully saturated rings. The van der Waals surface area contributed by atoms with Crippen LogP contribution in [0.3, 0.4) is 0 Å². The molecule has 0 saturated carbocycles. The van der Waals surface area contributed by atoms with Gasteiger partial charge in [-0.2, -0.15) is 26.3 Å². The van der Waals surface area contributed by atoms with Gasteiger partial charge in [0.2, 0.25) is 0 Å². The van der Waals surface area contributed by atoms with Crippen molar-refractivity contribution in [3.63, 3.8) is 0 Å². The van der Waals surface area contributed by atoms with Crippen molar-refractivity contribution in [1.82, 2.24) is 0 Å². The van der Waals surface area contributed by atoms with Gasteiger partial charge >= 0.3 is 76.2 Å². The van der Waals surface area contributed by atoms with Gasteiger partial charge in [0, 0.05) is 5.41 Å². The zero-order valence-electron chi connectivity index (χ0n) is 16.4. The molecule has 0 unspecified atom stereocenters. The van der Waals surface area contributed by atoms with Crippen LogP contribution < -0.4 is 58.2 Å². The molecule has 0 aromatic rings. The summed E-state index contributed by atoms with van der Waals surface area (Å²) in [6, 6.07) is 0. The predicted molar refractivity (Wildman–Crippen MR) is 72.1 cm³/mol. The van der Waals surface area contributed by atoms with Gasteiger partial charge in [-0.3, -0.25) is 0 Å². The summed E-state index contributed by atoms with van der Waals surface area (Å²) in [5.74, 6) is -2.35. The molecule has 0 aromatic carbocycles. The Balaban J connectivity index is -0.000000202. The van der Waals surface area contributed by atoms with Gasteiger partial charge in [-0.1, -0.05) is 41.5 Å². The molecule has 0 aliphatic rings. The second-order valence-corrected chi connectivity index (χ2v) is 7.52. The molecule has 0 rings (SSSR count). The first-order valence-electron chi connectivity index (χ1n) is 6.96. The topological polar surface area (TPSA) is 30.0 Å². The Bertz CT molecular complexity index is 405. The van der Waals surface area contributed by atoms with Gasteiger partial charge in [-0.05, 0) is 0 Å². The van der Waals surface area contributed by atoms with E-state index >= 15 is 0 Å². The van der Waals surface area contributed by atoms with Crippen LogP contribution in [0.1, 0.15) is 41.5 Å². The van der Waals surface area contributed by atoms with Crippen LogP contribution in [0.5, 0.6) is 0 Å². The molecular weight excluding hydrogens is 517 g/mol. The summed E-state index contributed by atoms with van der Waals surface area (Å²) in [6.45, 7) is 4.28. The second kappa shape index (κ2) is 10.6. The summed E-state index contributed by atoms with van der Waals surface area (Å²) in [5, 5.41) is 0. The molecule has 174 valence electrons. The molecule has 1 nitrogen and oxygen atoms in total. The van der Waals surface area contributed by atoms with Crippen LogP contribution in [-0.4, -0.2) is 35.9 Å². The van der Waals surface area contributed by atoms with Crippen LogP contribution >= 0.6 is 0 Å². The smallest absolute Gasteiger partial charge is 0.870 e. The maximum atomic E-state index is 13.1. The van der Waals surface area contributed by atoms with Gasteiger partial charge in [-0.15, -0.1) is 11.3 Å². The fourth-order valence-electron chi connectivity index (χ4n) is 2.02. The van der Waals surface area contributed by atoms with E-state index in [9.17, 15) is 57.1 Å². The minimum absolute atomic E-state index is 0. The monoisotopic (exact) mass is 535 g/mol. The van der Waals surface area contributed by atoms with E-state index in [1.54, 1.807) is 0 Å². The van der Waals surface area contributed by atoms with Gasteiger partial charge in [0.25, 0.3) is 12.4 Å². The van der Waals surface area contributed by atoms with Crippen molar-refractivity contribution in [2.45, 2.75) is 71.9 Å². The fraction of sp³-hybridized carbons (Fsp3) is 0.929. The van der Waals surface area contributed by atoms with Gasteiger partial charge < -0.3 is 5.48 Å². The van der Waals surface area contributed by atoms with Crippen molar-refractivity contribution < 1.29 is 121 Å². The second-order valence-electron chi connectivity index (χ2n) is 7.52. The molecule has 15 heteroatoms. The average molecular weight is 536 g/mol. The summed E-state index contributed by atoms with van der Waals surface area (Å²) >= 11 is 0. The first kappa shape index (κ1) is 37.2. The van der Waals surface area contributed by atoms with Crippen molar-refractivity contribution in [2.75, 3.05) is 0 Å². The fourth-order valence-corrected chi connectivity index (χ4v) is 2.02. The number of rotatable bonds is 0. The number of halogens is 13. The van der Waals surface area contributed by atoms with Crippen molar-refractivity contribution in [2.24, 2.45) is 10.8 Å². The Hall–Kier alpha value is 0.855. The number of hydrogen-bond donors (Lipinski definition) is 0. The number of alkyl halides is 13. The quantitative estimate of drug-likeness (QED) is 0.334. The predicted octanol–water partition coefficient (Wildman–Crippen LogP) is 4.42. The van der Waals surface area contributed by atoms with Gasteiger partial charge in [-0.25, -0.2) is 30.7 Å². The molecule has 0 bridgehead atoms. The normalized spacial score (nSPS) is 14.5. The first-order valence-corrected chi connectivity index (χ1v) is 6.96. The van der Waals surface area contributed by atoms with E-state index in [1.807, 2.05) is 0 Å². The summed E-state index contributed by atoms with van der Waals surface area (Å²) in [5.41, 5.74) is -9.73. The SMILES string of the molecule is CC(C)(C)C(F)(C(F)(F)F)C(F)(F)F.CC(C)(C)[C-](C(F)(F)F)C(F)(F)F.[OH-].[Rb+]. The number of hydrogen-bond acceptors (Lipinski definition) is 1. The third-order valence-electron chi connectivity index (χ3n) is 3.13. The van der Waals surface area contributed by atoms with Gasteiger partial charge in [0.05, 0.1) is 0 Å². The zero-order chi connectivity index (χ0) is 23.1. The van der Waals surface area contributed by atoms with E-state index in [4.69, 9.17) is 0 Å². The van der Waals surface area contributed by atoms with Crippen LogP contribution in [0.25, 0.3) is 0 Å². The van der Waals surface area contributed by atoms with E-state index in [0.717, 1.165) is 20.8 Å². The van der Waals surface area contributed by atoms with Crippen molar-refractivity contribution >= 4 is 0 Å². The molecule has 0 aromatic heterocycles. The Labute approximate surface area is 207 Å². The molecule has 0 aliphatic heterocycles. The Kier molecular flexibility index (Phi) is 13.7. The summed E-state index contributed by atoms with van der Waals surface area (Å²) in [6.07, 6.45) is -22.6. The van der Waals surface area contributed by atoms with Crippen LogP contribution in [-0.2, 0) is 0 Å². The summed E-state index contributed by atoms with van der Waals surface area (Å²) in [4.78, 5) is 0. The molecule has 29 heavy (non-hydrogen) atoms. The van der Waals surface area contributed by atoms with E-state index in [0.29, 0.717) is 20.8 Å². The molecule has 0 saturated heterocycles. The van der Waals surface area contributed by atoms with Gasteiger partial charge in [0.1, 0.15) is 0 Å². The maximum Gasteiger partial charge on any atom is 1.00 e. The standard InChI is InChI=1S/C7H9F7.C7H9F6.H2O.Rb/c1-4(2,3)5(8,6(9,10)11)7(12,13)14;1-5(2,3)4(6(8,9)10)7(11,12)13;;/h1-3H3;1-3H3;1H2;/q;-1;;+1/p-1. The van der Waals surface area contributed by atoms with E-state index in [1.165, 1.54) is 0 Å². The zero-order valence-corrected chi connectivity index (χ0v) is 21.3. The third kappa shape index (κ3) is 9.90. The van der Waals surface area contributed by atoms with E-state index in [2.05, 4.69) is 0 Å². The van der Waals surface area contributed by atoms with E-state index in [-0.39, 0.29) is 63.7 Å². The molecule has 0 amide bonds.